The molecule has 600 valence electrons. The Kier molecular flexibility index (Phi) is 63.7. The normalized spacial score (nSPS) is 17.4. The van der Waals surface area contributed by atoms with Gasteiger partial charge in [0.2, 0.25) is 11.8 Å². The van der Waals surface area contributed by atoms with Gasteiger partial charge in [-0.2, -0.15) is 0 Å². The molecule has 1 aliphatic heterocycles. The van der Waals surface area contributed by atoms with Crippen molar-refractivity contribution in [3.63, 3.8) is 0 Å². The van der Waals surface area contributed by atoms with Crippen molar-refractivity contribution >= 4 is 43.5 Å². The number of carbonyl (C=O) groups is 6. The van der Waals surface area contributed by atoms with Crippen molar-refractivity contribution in [3.8, 4) is 0 Å². The smallest absolute Gasteiger partial charge is 0.462 e. The lowest BCUT2D eigenvalue weighted by molar-refractivity contribution is -0.272. The number of unbranched alkanes of at least 4 members (excludes halogenated alkanes) is 42. The first-order chi connectivity index (χ1) is 49.5. The fourth-order valence-electron chi connectivity index (χ4n) is 13.5. The number of carbonyl (C=O) groups excluding carboxylic acids is 6. The maximum atomic E-state index is 14.8. The molecule has 6 N–H and O–H groups in total. The number of esters is 4. The highest BCUT2D eigenvalue weighted by molar-refractivity contribution is 7.46. The number of phosphoric ester groups is 1. The van der Waals surface area contributed by atoms with E-state index in [-0.39, 0.29) is 38.1 Å². The van der Waals surface area contributed by atoms with Crippen LogP contribution in [0.4, 0.5) is 0 Å². The number of ether oxygens (including phenoxy) is 6. The molecule has 21 heteroatoms. The van der Waals surface area contributed by atoms with Crippen LogP contribution in [0.5, 0.6) is 0 Å². The van der Waals surface area contributed by atoms with Gasteiger partial charge in [0.25, 0.3) is 0 Å². The molecule has 0 radical (unpaired) electrons. The van der Waals surface area contributed by atoms with Gasteiger partial charge in [-0.05, 0) is 57.8 Å². The summed E-state index contributed by atoms with van der Waals surface area (Å²) in [5, 5.41) is 27.5. The minimum Gasteiger partial charge on any atom is -0.462 e. The van der Waals surface area contributed by atoms with E-state index in [1.807, 2.05) is 0 Å². The number of nitrogens with one attached hydrogen (secondary N) is 2. The van der Waals surface area contributed by atoms with Gasteiger partial charge in [0.05, 0.1) is 45.1 Å². The quantitative estimate of drug-likeness (QED) is 0.0143. The standard InChI is InChI=1S/C81H153N2O18P/c1-7-13-19-25-31-34-40-43-49-55-68(96-74(88)58-52-46-37-28-22-16-10-4)61-72(86)82-67(64-84)66-95-81-78(83-73(87)62-69(56-50-44-41-35-32-26-20-14-8-2)97-75(89)59-53-47-38-29-23-17-11-5)80(79(71(65-85)99-81)101-102(92,93)94)100-77(91)63-70(57-51-45-42-36-33-27-21-15-9-3)98-76(90)60-54-48-39-30-24-18-12-6/h67-71,78-81,84-85H,7-66H2,1-6H3,(H,82,86)(H,83,87)(H2,92,93,94)/t67-,68-,69-,70-,71-,78+,79-,80-,81+/m1/s1. The summed E-state index contributed by atoms with van der Waals surface area (Å²) in [7, 11) is -5.51. The van der Waals surface area contributed by atoms with E-state index in [1.54, 1.807) is 0 Å². The van der Waals surface area contributed by atoms with Crippen LogP contribution in [0, 0.1) is 0 Å². The maximum absolute atomic E-state index is 14.8. The molecule has 2 amide bonds. The first-order valence-corrected chi connectivity index (χ1v) is 43.6. The zero-order chi connectivity index (χ0) is 75.0. The van der Waals surface area contributed by atoms with Gasteiger partial charge in [-0.1, -0.05) is 311 Å². The third-order valence-electron chi connectivity index (χ3n) is 19.7. The Hall–Kier alpha value is -3.23. The Balaban J connectivity index is 3.80. The van der Waals surface area contributed by atoms with Crippen molar-refractivity contribution in [1.82, 2.24) is 10.6 Å². The van der Waals surface area contributed by atoms with Gasteiger partial charge in [-0.3, -0.25) is 33.3 Å². The van der Waals surface area contributed by atoms with Crippen molar-refractivity contribution in [2.24, 2.45) is 0 Å². The molecule has 1 saturated heterocycles. The van der Waals surface area contributed by atoms with Gasteiger partial charge in [0.15, 0.2) is 12.4 Å². The first-order valence-electron chi connectivity index (χ1n) is 42.1. The van der Waals surface area contributed by atoms with E-state index in [9.17, 15) is 53.3 Å². The van der Waals surface area contributed by atoms with Crippen LogP contribution in [-0.2, 0) is 66.3 Å². The molecule has 0 saturated carbocycles. The summed E-state index contributed by atoms with van der Waals surface area (Å²) in [5.74, 6) is -3.52. The SMILES string of the molecule is CCCCCCCCCCC[C@H](CC(=O)N[C@H](CO)CO[C@H]1O[C@H](CO)[C@@H](OP(=O)(O)O)[C@H](OC(=O)C[C@@H](CCCCCCCCCCC)OC(=O)CCCCCCCCC)[C@@H]1NC(=O)C[C@@H](CCCCCCCCCCC)OC(=O)CCCCCCCCC)OC(=O)CCCCCCCCC. The van der Waals surface area contributed by atoms with Gasteiger partial charge in [0, 0.05) is 19.3 Å². The molecule has 102 heavy (non-hydrogen) atoms. The average Bonchev–Trinajstić information content (AvgIpc) is 0.781. The summed E-state index contributed by atoms with van der Waals surface area (Å²) in [6, 6.07) is -2.80. The van der Waals surface area contributed by atoms with E-state index < -0.39 is 119 Å². The highest BCUT2D eigenvalue weighted by Crippen LogP contribution is 2.42. The number of hydrogen-bond acceptors (Lipinski definition) is 16. The minimum atomic E-state index is -5.51. The molecular formula is C81H153N2O18P. The number of hydrogen-bond donors (Lipinski definition) is 6. The van der Waals surface area contributed by atoms with Crippen LogP contribution in [0.15, 0.2) is 0 Å². The van der Waals surface area contributed by atoms with Gasteiger partial charge < -0.3 is 59.1 Å². The lowest BCUT2D eigenvalue weighted by Crippen LogP contribution is -2.66. The summed E-state index contributed by atoms with van der Waals surface area (Å²) in [6.45, 7) is 10.9. The lowest BCUT2D eigenvalue weighted by Gasteiger charge is -2.45. The molecule has 1 fully saturated rings. The zero-order valence-electron chi connectivity index (χ0n) is 65.6. The maximum Gasteiger partial charge on any atom is 0.470 e. The average molecular weight is 1470 g/mol. The van der Waals surface area contributed by atoms with Crippen molar-refractivity contribution in [3.05, 3.63) is 0 Å². The number of phosphoric acid groups is 1. The highest BCUT2D eigenvalue weighted by atomic mass is 31.2. The van der Waals surface area contributed by atoms with Crippen LogP contribution in [0.1, 0.15) is 408 Å². The number of amides is 2. The van der Waals surface area contributed by atoms with Crippen LogP contribution in [0.3, 0.4) is 0 Å². The molecule has 0 bridgehead atoms. The van der Waals surface area contributed by atoms with Crippen LogP contribution in [-0.4, -0.2) is 131 Å². The molecule has 0 spiro atoms. The Bertz CT molecular complexity index is 2080. The minimum absolute atomic E-state index is 0.150. The molecule has 0 aromatic rings. The fraction of sp³-hybridized carbons (Fsp3) is 0.926. The summed E-state index contributed by atoms with van der Waals surface area (Å²) in [5.41, 5.74) is 0. The summed E-state index contributed by atoms with van der Waals surface area (Å²) < 4.78 is 55.3. The monoisotopic (exact) mass is 1470 g/mol. The number of aliphatic hydroxyl groups is 2. The van der Waals surface area contributed by atoms with Crippen molar-refractivity contribution in [2.45, 2.75) is 463 Å². The molecule has 1 aliphatic rings. The Labute approximate surface area is 620 Å². The lowest BCUT2D eigenvalue weighted by atomic mass is 9.95. The second-order valence-electron chi connectivity index (χ2n) is 29.5. The Morgan fingerprint density at radius 2 is 0.696 bits per heavy atom. The van der Waals surface area contributed by atoms with E-state index >= 15 is 0 Å². The number of aliphatic hydroxyl groups excluding tert-OH is 2. The second kappa shape index (κ2) is 67.1. The van der Waals surface area contributed by atoms with E-state index in [0.29, 0.717) is 51.4 Å². The van der Waals surface area contributed by atoms with Crippen LogP contribution >= 0.6 is 7.82 Å². The first kappa shape index (κ1) is 96.8. The van der Waals surface area contributed by atoms with E-state index in [1.165, 1.54) is 57.8 Å². The molecule has 0 aromatic heterocycles. The van der Waals surface area contributed by atoms with Gasteiger partial charge in [0.1, 0.15) is 36.6 Å². The summed E-state index contributed by atoms with van der Waals surface area (Å²) in [6.07, 6.45) is 40.4. The van der Waals surface area contributed by atoms with Crippen LogP contribution < -0.4 is 10.6 Å². The van der Waals surface area contributed by atoms with Crippen molar-refractivity contribution in [2.75, 3.05) is 19.8 Å². The second-order valence-corrected chi connectivity index (χ2v) is 30.7. The van der Waals surface area contributed by atoms with Gasteiger partial charge in [-0.25, -0.2) is 4.57 Å². The van der Waals surface area contributed by atoms with Crippen LogP contribution in [0.2, 0.25) is 0 Å². The summed E-state index contributed by atoms with van der Waals surface area (Å²) >= 11 is 0. The topological polar surface area (TPSA) is 289 Å². The molecular weight excluding hydrogens is 1320 g/mol. The molecule has 0 aliphatic carbocycles. The summed E-state index contributed by atoms with van der Waals surface area (Å²) in [4.78, 5) is 105. The molecule has 9 atom stereocenters. The largest absolute Gasteiger partial charge is 0.470 e. The highest BCUT2D eigenvalue weighted by Gasteiger charge is 2.52. The molecule has 1 heterocycles. The predicted molar refractivity (Wildman–Crippen MR) is 406 cm³/mol. The third kappa shape index (κ3) is 55.2. The molecule has 0 aromatic carbocycles. The molecule has 20 nitrogen and oxygen atoms in total. The van der Waals surface area contributed by atoms with Gasteiger partial charge in [-0.15, -0.1) is 0 Å². The van der Waals surface area contributed by atoms with Crippen LogP contribution in [0.25, 0.3) is 0 Å². The molecule has 0 unspecified atom stereocenters. The third-order valence-corrected chi connectivity index (χ3v) is 20.2. The van der Waals surface area contributed by atoms with E-state index in [2.05, 4.69) is 52.2 Å². The zero-order valence-corrected chi connectivity index (χ0v) is 66.5. The Morgan fingerprint density at radius 1 is 0.392 bits per heavy atom. The van der Waals surface area contributed by atoms with E-state index in [4.69, 9.17) is 32.9 Å². The van der Waals surface area contributed by atoms with Crippen molar-refractivity contribution in [1.29, 1.82) is 0 Å². The number of rotatable bonds is 73. The predicted octanol–water partition coefficient (Wildman–Crippen LogP) is 19.2. The van der Waals surface area contributed by atoms with Crippen molar-refractivity contribution < 1.29 is 86.3 Å². The Morgan fingerprint density at radius 3 is 1.01 bits per heavy atom. The van der Waals surface area contributed by atoms with E-state index in [0.717, 1.165) is 218 Å². The van der Waals surface area contributed by atoms with Gasteiger partial charge >= 0.3 is 31.7 Å². The fourth-order valence-corrected chi connectivity index (χ4v) is 14.1. The molecule has 1 rings (SSSR count).